The molecule has 2 rings (SSSR count). The van der Waals surface area contributed by atoms with Crippen LogP contribution >= 0.6 is 22.9 Å². The molecule has 0 saturated carbocycles. The van der Waals surface area contributed by atoms with Crippen LogP contribution in [0.5, 0.6) is 5.75 Å². The molecule has 1 aromatic carbocycles. The third kappa shape index (κ3) is 4.05. The summed E-state index contributed by atoms with van der Waals surface area (Å²) < 4.78 is 41.6. The fourth-order valence-electron chi connectivity index (χ4n) is 1.67. The van der Waals surface area contributed by atoms with Crippen LogP contribution in [0.15, 0.2) is 35.7 Å². The molecule has 1 aromatic heterocycles. The summed E-state index contributed by atoms with van der Waals surface area (Å²) in [6.07, 6.45) is -4.72. The lowest BCUT2D eigenvalue weighted by molar-refractivity contribution is -0.274. The molecule has 7 heteroatoms. The number of alkyl halides is 3. The van der Waals surface area contributed by atoms with Gasteiger partial charge in [-0.2, -0.15) is 0 Å². The summed E-state index contributed by atoms with van der Waals surface area (Å²) in [5.74, 6) is -0.256. The summed E-state index contributed by atoms with van der Waals surface area (Å²) in [5, 5.41) is 4.84. The summed E-state index contributed by atoms with van der Waals surface area (Å²) in [6.45, 7) is 1.84. The first-order chi connectivity index (χ1) is 9.35. The molecular weight excluding hydrogens is 311 g/mol. The zero-order valence-corrected chi connectivity index (χ0v) is 11.9. The average Bonchev–Trinajstić information content (AvgIpc) is 2.77. The maximum atomic E-state index is 12.3. The smallest absolute Gasteiger partial charge is 0.404 e. The van der Waals surface area contributed by atoms with Gasteiger partial charge in [0.15, 0.2) is 5.75 Å². The minimum Gasteiger partial charge on any atom is -0.404 e. The second kappa shape index (κ2) is 5.93. The van der Waals surface area contributed by atoms with Gasteiger partial charge in [-0.05, 0) is 36.1 Å². The fraction of sp³-hybridized carbons (Fsp3) is 0.231. The molecule has 1 N–H and O–H groups in total. The molecule has 0 saturated heterocycles. The van der Waals surface area contributed by atoms with E-state index in [9.17, 15) is 13.2 Å². The number of hydrogen-bond acceptors (Lipinski definition) is 3. The number of anilines is 1. The van der Waals surface area contributed by atoms with Gasteiger partial charge in [-0.25, -0.2) is 0 Å². The number of halogens is 4. The SMILES string of the molecule is CC(Nc1ccccc1OC(F)(F)F)c1csc(Cl)c1. The summed E-state index contributed by atoms with van der Waals surface area (Å²) in [5.41, 5.74) is 1.18. The Kier molecular flexibility index (Phi) is 4.45. The Labute approximate surface area is 123 Å². The van der Waals surface area contributed by atoms with E-state index in [0.29, 0.717) is 4.34 Å². The summed E-state index contributed by atoms with van der Waals surface area (Å²) >= 11 is 7.21. The lowest BCUT2D eigenvalue weighted by Crippen LogP contribution is -2.18. The highest BCUT2D eigenvalue weighted by molar-refractivity contribution is 7.14. The van der Waals surface area contributed by atoms with E-state index >= 15 is 0 Å². The second-order valence-corrected chi connectivity index (χ2v) is 5.64. The largest absolute Gasteiger partial charge is 0.573 e. The van der Waals surface area contributed by atoms with Gasteiger partial charge >= 0.3 is 6.36 Å². The van der Waals surface area contributed by atoms with E-state index in [1.54, 1.807) is 12.1 Å². The van der Waals surface area contributed by atoms with Crippen molar-refractivity contribution in [3.63, 3.8) is 0 Å². The number of para-hydroxylation sites is 2. The molecule has 1 unspecified atom stereocenters. The zero-order chi connectivity index (χ0) is 14.8. The van der Waals surface area contributed by atoms with E-state index < -0.39 is 6.36 Å². The average molecular weight is 322 g/mol. The van der Waals surface area contributed by atoms with Crippen LogP contribution in [0.3, 0.4) is 0 Å². The van der Waals surface area contributed by atoms with Gasteiger partial charge in [0.25, 0.3) is 0 Å². The fourth-order valence-corrected chi connectivity index (χ4v) is 2.65. The molecule has 0 bridgehead atoms. The van der Waals surface area contributed by atoms with Gasteiger partial charge in [-0.3, -0.25) is 0 Å². The summed E-state index contributed by atoms with van der Waals surface area (Å²) in [7, 11) is 0. The third-order valence-corrected chi connectivity index (χ3v) is 3.68. The lowest BCUT2D eigenvalue weighted by atomic mass is 10.1. The van der Waals surface area contributed by atoms with Crippen molar-refractivity contribution in [1.29, 1.82) is 0 Å². The Bertz CT molecular complexity index is 585. The molecular formula is C13H11ClF3NOS. The first-order valence-corrected chi connectivity index (χ1v) is 6.96. The van der Waals surface area contributed by atoms with Crippen LogP contribution in [0, 0.1) is 0 Å². The van der Waals surface area contributed by atoms with Gasteiger partial charge in [-0.1, -0.05) is 23.7 Å². The van der Waals surface area contributed by atoms with E-state index in [-0.39, 0.29) is 17.5 Å². The van der Waals surface area contributed by atoms with E-state index in [1.807, 2.05) is 12.3 Å². The van der Waals surface area contributed by atoms with Crippen molar-refractivity contribution < 1.29 is 17.9 Å². The van der Waals surface area contributed by atoms with Gasteiger partial charge in [0.2, 0.25) is 0 Å². The first kappa shape index (κ1) is 15.0. The Hall–Kier alpha value is -1.40. The molecule has 2 aromatic rings. The highest BCUT2D eigenvalue weighted by Gasteiger charge is 2.32. The number of rotatable bonds is 4. The topological polar surface area (TPSA) is 21.3 Å². The maximum Gasteiger partial charge on any atom is 0.573 e. The van der Waals surface area contributed by atoms with Crippen molar-refractivity contribution >= 4 is 28.6 Å². The number of benzene rings is 1. The molecule has 2 nitrogen and oxygen atoms in total. The molecule has 0 aliphatic heterocycles. The van der Waals surface area contributed by atoms with Crippen molar-refractivity contribution in [2.24, 2.45) is 0 Å². The molecule has 0 radical (unpaired) electrons. The highest BCUT2D eigenvalue weighted by atomic mass is 35.5. The van der Waals surface area contributed by atoms with Gasteiger partial charge in [0, 0.05) is 6.04 Å². The Morgan fingerprint density at radius 1 is 1.30 bits per heavy atom. The van der Waals surface area contributed by atoms with E-state index in [4.69, 9.17) is 11.6 Å². The van der Waals surface area contributed by atoms with Gasteiger partial charge in [-0.15, -0.1) is 24.5 Å². The Balaban J connectivity index is 2.17. The monoisotopic (exact) mass is 321 g/mol. The molecule has 20 heavy (non-hydrogen) atoms. The van der Waals surface area contributed by atoms with Crippen LogP contribution in [-0.4, -0.2) is 6.36 Å². The van der Waals surface area contributed by atoms with Crippen LogP contribution in [0.2, 0.25) is 4.34 Å². The number of nitrogens with one attached hydrogen (secondary N) is 1. The molecule has 0 spiro atoms. The van der Waals surface area contributed by atoms with Crippen LogP contribution < -0.4 is 10.1 Å². The zero-order valence-electron chi connectivity index (χ0n) is 10.4. The summed E-state index contributed by atoms with van der Waals surface area (Å²) in [6, 6.07) is 7.51. The van der Waals surface area contributed by atoms with E-state index in [1.165, 1.54) is 29.5 Å². The van der Waals surface area contributed by atoms with Crippen molar-refractivity contribution in [1.82, 2.24) is 0 Å². The lowest BCUT2D eigenvalue weighted by Gasteiger charge is -2.18. The van der Waals surface area contributed by atoms with Crippen LogP contribution in [-0.2, 0) is 0 Å². The van der Waals surface area contributed by atoms with E-state index in [2.05, 4.69) is 10.1 Å². The minimum atomic E-state index is -4.72. The molecule has 1 heterocycles. The van der Waals surface area contributed by atoms with Crippen molar-refractivity contribution in [2.45, 2.75) is 19.3 Å². The molecule has 108 valence electrons. The van der Waals surface area contributed by atoms with Crippen LogP contribution in [0.1, 0.15) is 18.5 Å². The van der Waals surface area contributed by atoms with E-state index in [0.717, 1.165) is 5.56 Å². The van der Waals surface area contributed by atoms with Crippen molar-refractivity contribution in [2.75, 3.05) is 5.32 Å². The molecule has 0 fully saturated rings. The first-order valence-electron chi connectivity index (χ1n) is 5.70. The van der Waals surface area contributed by atoms with Gasteiger partial charge in [0.05, 0.1) is 10.0 Å². The standard InChI is InChI=1S/C13H11ClF3NOS/c1-8(9-6-12(14)20-7-9)18-10-4-2-3-5-11(10)19-13(15,16)17/h2-8,18H,1H3. The number of ether oxygens (including phenoxy) is 1. The molecule has 0 aliphatic carbocycles. The maximum absolute atomic E-state index is 12.3. The Morgan fingerprint density at radius 3 is 2.60 bits per heavy atom. The highest BCUT2D eigenvalue weighted by Crippen LogP contribution is 2.33. The molecule has 0 amide bonds. The minimum absolute atomic E-state index is 0.184. The van der Waals surface area contributed by atoms with Crippen molar-refractivity contribution in [3.05, 3.63) is 45.6 Å². The number of hydrogen-bond donors (Lipinski definition) is 1. The van der Waals surface area contributed by atoms with Crippen LogP contribution in [0.4, 0.5) is 18.9 Å². The van der Waals surface area contributed by atoms with Crippen LogP contribution in [0.25, 0.3) is 0 Å². The Morgan fingerprint density at radius 2 is 2.00 bits per heavy atom. The van der Waals surface area contributed by atoms with Gasteiger partial charge in [0.1, 0.15) is 0 Å². The predicted octanol–water partition coefficient (Wildman–Crippen LogP) is 5.47. The predicted molar refractivity (Wildman–Crippen MR) is 74.5 cm³/mol. The van der Waals surface area contributed by atoms with Gasteiger partial charge < -0.3 is 10.1 Å². The summed E-state index contributed by atoms with van der Waals surface area (Å²) in [4.78, 5) is 0. The number of thiophene rings is 1. The third-order valence-electron chi connectivity index (χ3n) is 2.57. The van der Waals surface area contributed by atoms with Crippen molar-refractivity contribution in [3.8, 4) is 5.75 Å². The molecule has 1 atom stereocenters. The molecule has 0 aliphatic rings. The normalized spacial score (nSPS) is 13.1. The quantitative estimate of drug-likeness (QED) is 0.805. The second-order valence-electron chi connectivity index (χ2n) is 4.09.